The third kappa shape index (κ3) is 2.79. The van der Waals surface area contributed by atoms with Gasteiger partial charge in [0.05, 0.1) is 0 Å². The highest BCUT2D eigenvalue weighted by Crippen LogP contribution is 2.24. The van der Waals surface area contributed by atoms with Gasteiger partial charge < -0.3 is 10.1 Å². The number of nitrogens with zero attached hydrogens (tertiary/aromatic N) is 2. The molecule has 0 unspecified atom stereocenters. The molecule has 2 aromatic rings. The van der Waals surface area contributed by atoms with Crippen LogP contribution in [-0.2, 0) is 6.54 Å². The summed E-state index contributed by atoms with van der Waals surface area (Å²) >= 11 is 0. The second kappa shape index (κ2) is 5.41. The van der Waals surface area contributed by atoms with Crippen LogP contribution in [0.25, 0.3) is 0 Å². The standard InChI is InChI=1S/C13H15N3O/c1-10-5-3-4-6-12(10)17-13-11(7-14-2)8-15-9-16-13/h3-6,8-9,14H,7H2,1-2H3. The second-order valence-corrected chi connectivity index (χ2v) is 3.75. The molecule has 2 rings (SSSR count). The van der Waals surface area contributed by atoms with E-state index >= 15 is 0 Å². The van der Waals surface area contributed by atoms with E-state index in [9.17, 15) is 0 Å². The lowest BCUT2D eigenvalue weighted by molar-refractivity contribution is 0.449. The molecule has 0 fully saturated rings. The van der Waals surface area contributed by atoms with Crippen molar-refractivity contribution < 1.29 is 4.74 Å². The lowest BCUT2D eigenvalue weighted by atomic mass is 10.2. The molecule has 0 atom stereocenters. The quantitative estimate of drug-likeness (QED) is 0.873. The molecule has 88 valence electrons. The van der Waals surface area contributed by atoms with E-state index in [-0.39, 0.29) is 0 Å². The van der Waals surface area contributed by atoms with Crippen LogP contribution < -0.4 is 10.1 Å². The normalized spacial score (nSPS) is 10.2. The number of para-hydroxylation sites is 1. The van der Waals surface area contributed by atoms with E-state index in [1.165, 1.54) is 6.33 Å². The molecule has 0 aliphatic carbocycles. The lowest BCUT2D eigenvalue weighted by Gasteiger charge is -2.10. The Labute approximate surface area is 101 Å². The molecule has 0 saturated heterocycles. The highest BCUT2D eigenvalue weighted by Gasteiger charge is 2.07. The zero-order chi connectivity index (χ0) is 12.1. The number of hydrogen-bond donors (Lipinski definition) is 1. The Morgan fingerprint density at radius 3 is 2.88 bits per heavy atom. The van der Waals surface area contributed by atoms with Crippen molar-refractivity contribution in [1.82, 2.24) is 15.3 Å². The Morgan fingerprint density at radius 1 is 1.29 bits per heavy atom. The van der Waals surface area contributed by atoms with Gasteiger partial charge in [-0.05, 0) is 25.6 Å². The van der Waals surface area contributed by atoms with Gasteiger partial charge in [-0.3, -0.25) is 0 Å². The van der Waals surface area contributed by atoms with Gasteiger partial charge in [0, 0.05) is 18.3 Å². The van der Waals surface area contributed by atoms with Gasteiger partial charge in [-0.25, -0.2) is 9.97 Å². The number of rotatable bonds is 4. The van der Waals surface area contributed by atoms with E-state index in [1.807, 2.05) is 38.2 Å². The van der Waals surface area contributed by atoms with Gasteiger partial charge in [0.2, 0.25) is 5.88 Å². The zero-order valence-electron chi connectivity index (χ0n) is 9.97. The molecule has 0 spiro atoms. The summed E-state index contributed by atoms with van der Waals surface area (Å²) in [4.78, 5) is 8.16. The summed E-state index contributed by atoms with van der Waals surface area (Å²) in [6, 6.07) is 7.87. The van der Waals surface area contributed by atoms with Crippen molar-refractivity contribution in [3.8, 4) is 11.6 Å². The SMILES string of the molecule is CNCc1cncnc1Oc1ccccc1C. The van der Waals surface area contributed by atoms with Crippen LogP contribution >= 0.6 is 0 Å². The predicted molar refractivity (Wildman–Crippen MR) is 66.0 cm³/mol. The molecule has 0 aliphatic rings. The van der Waals surface area contributed by atoms with Crippen molar-refractivity contribution in [2.24, 2.45) is 0 Å². The highest BCUT2D eigenvalue weighted by atomic mass is 16.5. The van der Waals surface area contributed by atoms with Crippen molar-refractivity contribution in [1.29, 1.82) is 0 Å². The van der Waals surface area contributed by atoms with Crippen molar-refractivity contribution in [2.75, 3.05) is 7.05 Å². The van der Waals surface area contributed by atoms with Crippen molar-refractivity contribution >= 4 is 0 Å². The van der Waals surface area contributed by atoms with Gasteiger partial charge in [0.25, 0.3) is 0 Å². The summed E-state index contributed by atoms with van der Waals surface area (Å²) in [5.41, 5.74) is 2.03. The summed E-state index contributed by atoms with van der Waals surface area (Å²) in [6.07, 6.45) is 3.25. The lowest BCUT2D eigenvalue weighted by Crippen LogP contribution is -2.07. The summed E-state index contributed by atoms with van der Waals surface area (Å²) in [5, 5.41) is 3.06. The largest absolute Gasteiger partial charge is 0.438 e. The molecule has 1 aromatic heterocycles. The fourth-order valence-corrected chi connectivity index (χ4v) is 1.53. The molecule has 4 heteroatoms. The summed E-state index contributed by atoms with van der Waals surface area (Å²) in [5.74, 6) is 1.42. The minimum atomic E-state index is 0.601. The number of aryl methyl sites for hydroxylation is 1. The monoisotopic (exact) mass is 229 g/mol. The average molecular weight is 229 g/mol. The number of nitrogens with one attached hydrogen (secondary N) is 1. The van der Waals surface area contributed by atoms with Crippen molar-refractivity contribution in [2.45, 2.75) is 13.5 Å². The Kier molecular flexibility index (Phi) is 3.67. The number of hydrogen-bond acceptors (Lipinski definition) is 4. The molecule has 0 radical (unpaired) electrons. The molecular weight excluding hydrogens is 214 g/mol. The van der Waals surface area contributed by atoms with E-state index in [4.69, 9.17) is 4.74 Å². The Hall–Kier alpha value is -1.94. The Balaban J connectivity index is 2.27. The molecule has 1 aromatic carbocycles. The van der Waals surface area contributed by atoms with Crippen LogP contribution in [0.15, 0.2) is 36.8 Å². The van der Waals surface area contributed by atoms with Gasteiger partial charge in [-0.1, -0.05) is 18.2 Å². The van der Waals surface area contributed by atoms with E-state index in [2.05, 4.69) is 15.3 Å². The van der Waals surface area contributed by atoms with E-state index in [1.54, 1.807) is 6.20 Å². The van der Waals surface area contributed by atoms with Gasteiger partial charge in [-0.15, -0.1) is 0 Å². The first-order valence-corrected chi connectivity index (χ1v) is 5.48. The van der Waals surface area contributed by atoms with Gasteiger partial charge in [0.1, 0.15) is 12.1 Å². The van der Waals surface area contributed by atoms with Crippen LogP contribution in [-0.4, -0.2) is 17.0 Å². The summed E-state index contributed by atoms with van der Waals surface area (Å²) < 4.78 is 5.80. The molecule has 0 saturated carbocycles. The molecule has 1 heterocycles. The first kappa shape index (κ1) is 11.5. The first-order valence-electron chi connectivity index (χ1n) is 5.48. The number of benzene rings is 1. The topological polar surface area (TPSA) is 47.0 Å². The first-order chi connectivity index (χ1) is 8.31. The number of ether oxygens (including phenoxy) is 1. The molecular formula is C13H15N3O. The maximum absolute atomic E-state index is 5.80. The van der Waals surface area contributed by atoms with Crippen LogP contribution in [0.4, 0.5) is 0 Å². The van der Waals surface area contributed by atoms with Crippen LogP contribution in [0.5, 0.6) is 11.6 Å². The van der Waals surface area contributed by atoms with E-state index < -0.39 is 0 Å². The molecule has 1 N–H and O–H groups in total. The maximum Gasteiger partial charge on any atom is 0.226 e. The van der Waals surface area contributed by atoms with Crippen molar-refractivity contribution in [3.63, 3.8) is 0 Å². The minimum Gasteiger partial charge on any atom is -0.438 e. The summed E-state index contributed by atoms with van der Waals surface area (Å²) in [7, 11) is 1.88. The van der Waals surface area contributed by atoms with Crippen molar-refractivity contribution in [3.05, 3.63) is 47.9 Å². The third-order valence-electron chi connectivity index (χ3n) is 2.41. The van der Waals surface area contributed by atoms with Gasteiger partial charge in [0.15, 0.2) is 0 Å². The molecule has 4 nitrogen and oxygen atoms in total. The van der Waals surface area contributed by atoms with E-state index in [0.717, 1.165) is 16.9 Å². The maximum atomic E-state index is 5.80. The fraction of sp³-hybridized carbons (Fsp3) is 0.231. The molecule has 0 amide bonds. The summed E-state index contributed by atoms with van der Waals surface area (Å²) in [6.45, 7) is 2.69. The van der Waals surface area contributed by atoms with Crippen LogP contribution in [0.2, 0.25) is 0 Å². The minimum absolute atomic E-state index is 0.601. The molecule has 17 heavy (non-hydrogen) atoms. The smallest absolute Gasteiger partial charge is 0.226 e. The van der Waals surface area contributed by atoms with Crippen LogP contribution in [0, 0.1) is 6.92 Å². The predicted octanol–water partition coefficient (Wildman–Crippen LogP) is 2.30. The molecule has 0 aliphatic heterocycles. The van der Waals surface area contributed by atoms with Crippen LogP contribution in [0.3, 0.4) is 0 Å². The molecule has 0 bridgehead atoms. The second-order valence-electron chi connectivity index (χ2n) is 3.75. The third-order valence-corrected chi connectivity index (χ3v) is 2.41. The zero-order valence-corrected chi connectivity index (χ0v) is 9.97. The average Bonchev–Trinajstić information content (AvgIpc) is 2.35. The van der Waals surface area contributed by atoms with Gasteiger partial charge >= 0.3 is 0 Å². The highest BCUT2D eigenvalue weighted by molar-refractivity contribution is 5.36. The Morgan fingerprint density at radius 2 is 2.12 bits per heavy atom. The Bertz CT molecular complexity index is 500. The van der Waals surface area contributed by atoms with Gasteiger partial charge in [-0.2, -0.15) is 0 Å². The number of aromatic nitrogens is 2. The van der Waals surface area contributed by atoms with Crippen LogP contribution in [0.1, 0.15) is 11.1 Å². The van der Waals surface area contributed by atoms with E-state index in [0.29, 0.717) is 12.4 Å². The fourth-order valence-electron chi connectivity index (χ4n) is 1.53.